The normalized spacial score (nSPS) is 10.7. The van der Waals surface area contributed by atoms with Crippen molar-refractivity contribution in [3.05, 3.63) is 71.9 Å². The lowest BCUT2D eigenvalue weighted by Gasteiger charge is -2.14. The van der Waals surface area contributed by atoms with Gasteiger partial charge in [0.1, 0.15) is 0 Å². The molecule has 0 atom stereocenters. The summed E-state index contributed by atoms with van der Waals surface area (Å²) in [4.78, 5) is 4.62. The summed E-state index contributed by atoms with van der Waals surface area (Å²) in [7, 11) is 0. The van der Waals surface area contributed by atoms with Crippen LogP contribution in [0.3, 0.4) is 0 Å². The van der Waals surface area contributed by atoms with Gasteiger partial charge in [-0.05, 0) is 35.6 Å². The van der Waals surface area contributed by atoms with Gasteiger partial charge in [-0.2, -0.15) is 5.26 Å². The summed E-state index contributed by atoms with van der Waals surface area (Å²) in [5.41, 5.74) is 4.12. The fourth-order valence-electron chi connectivity index (χ4n) is 2.85. The molecule has 2 aromatic carbocycles. The van der Waals surface area contributed by atoms with Crippen molar-refractivity contribution >= 4 is 5.95 Å². The van der Waals surface area contributed by atoms with Crippen LogP contribution in [-0.4, -0.2) is 9.55 Å². The van der Waals surface area contributed by atoms with Gasteiger partial charge in [0.05, 0.1) is 23.5 Å². The maximum absolute atomic E-state index is 8.91. The average molecular weight is 344 g/mol. The van der Waals surface area contributed by atoms with Gasteiger partial charge in [-0.15, -0.1) is 0 Å². The maximum Gasteiger partial charge on any atom is 0.203 e. The Morgan fingerprint density at radius 3 is 2.46 bits per heavy atom. The molecule has 0 unspecified atom stereocenters. The van der Waals surface area contributed by atoms with Gasteiger partial charge in [0.25, 0.3) is 0 Å². The largest absolute Gasteiger partial charge is 0.352 e. The molecule has 0 spiro atoms. The van der Waals surface area contributed by atoms with Gasteiger partial charge in [0.15, 0.2) is 0 Å². The van der Waals surface area contributed by atoms with Gasteiger partial charge in [0, 0.05) is 13.1 Å². The molecule has 26 heavy (non-hydrogen) atoms. The first-order chi connectivity index (χ1) is 12.7. The Morgan fingerprint density at radius 2 is 1.81 bits per heavy atom. The van der Waals surface area contributed by atoms with Gasteiger partial charge in [-0.3, -0.25) is 0 Å². The van der Waals surface area contributed by atoms with E-state index in [0.29, 0.717) is 18.0 Å². The minimum atomic E-state index is 0.632. The Hall–Kier alpha value is -3.06. The van der Waals surface area contributed by atoms with Crippen LogP contribution in [0.25, 0.3) is 11.3 Å². The monoisotopic (exact) mass is 344 g/mol. The van der Waals surface area contributed by atoms with Crippen molar-refractivity contribution in [1.29, 1.82) is 5.26 Å². The Kier molecular flexibility index (Phi) is 5.70. The smallest absolute Gasteiger partial charge is 0.203 e. The summed E-state index contributed by atoms with van der Waals surface area (Å²) in [5.74, 6) is 1.52. The molecule has 132 valence electrons. The number of benzene rings is 2. The average Bonchev–Trinajstić information content (AvgIpc) is 3.08. The van der Waals surface area contributed by atoms with Crippen LogP contribution in [0.2, 0.25) is 0 Å². The lowest BCUT2D eigenvalue weighted by atomic mass is 10.1. The fraction of sp³-hybridized carbons (Fsp3) is 0.273. The van der Waals surface area contributed by atoms with Crippen LogP contribution >= 0.6 is 0 Å². The van der Waals surface area contributed by atoms with E-state index in [1.54, 1.807) is 0 Å². The molecule has 3 aromatic rings. The SMILES string of the molecule is CC(C)CCn1c(-c2ccccc2)cnc1NCc1ccc(C#N)cc1. The van der Waals surface area contributed by atoms with Crippen LogP contribution in [0.4, 0.5) is 5.95 Å². The molecule has 4 heteroatoms. The molecule has 0 saturated heterocycles. The zero-order chi connectivity index (χ0) is 18.4. The first-order valence-corrected chi connectivity index (χ1v) is 9.01. The van der Waals surface area contributed by atoms with Crippen LogP contribution in [-0.2, 0) is 13.1 Å². The van der Waals surface area contributed by atoms with Crippen molar-refractivity contribution in [3.63, 3.8) is 0 Å². The van der Waals surface area contributed by atoms with E-state index in [2.05, 4.69) is 59.1 Å². The standard InChI is InChI=1S/C22H24N4/c1-17(2)12-13-26-21(20-6-4-3-5-7-20)16-25-22(26)24-15-19-10-8-18(14-23)9-11-19/h3-11,16-17H,12-13,15H2,1-2H3,(H,24,25). The minimum Gasteiger partial charge on any atom is -0.352 e. The second-order valence-corrected chi connectivity index (χ2v) is 6.83. The first-order valence-electron chi connectivity index (χ1n) is 9.01. The second-order valence-electron chi connectivity index (χ2n) is 6.83. The van der Waals surface area contributed by atoms with Crippen molar-refractivity contribution in [3.8, 4) is 17.3 Å². The number of imidazole rings is 1. The number of nitrogens with zero attached hydrogens (tertiary/aromatic N) is 3. The number of hydrogen-bond acceptors (Lipinski definition) is 3. The van der Waals surface area contributed by atoms with Gasteiger partial charge in [-0.25, -0.2) is 4.98 Å². The number of nitrogens with one attached hydrogen (secondary N) is 1. The lowest BCUT2D eigenvalue weighted by Crippen LogP contribution is -2.10. The Bertz CT molecular complexity index is 871. The predicted molar refractivity (Wildman–Crippen MR) is 106 cm³/mol. The molecule has 0 radical (unpaired) electrons. The van der Waals surface area contributed by atoms with Gasteiger partial charge in [0.2, 0.25) is 5.95 Å². The Labute approximate surface area is 155 Å². The Morgan fingerprint density at radius 1 is 1.08 bits per heavy atom. The highest BCUT2D eigenvalue weighted by Crippen LogP contribution is 2.24. The van der Waals surface area contributed by atoms with Crippen LogP contribution < -0.4 is 5.32 Å². The topological polar surface area (TPSA) is 53.6 Å². The Balaban J connectivity index is 1.81. The van der Waals surface area contributed by atoms with Crippen molar-refractivity contribution in [2.24, 2.45) is 5.92 Å². The second kappa shape index (κ2) is 8.35. The third-order valence-electron chi connectivity index (χ3n) is 4.39. The van der Waals surface area contributed by atoms with E-state index in [9.17, 15) is 0 Å². The van der Waals surface area contributed by atoms with Crippen molar-refractivity contribution in [1.82, 2.24) is 9.55 Å². The quantitative estimate of drug-likeness (QED) is 0.650. The van der Waals surface area contributed by atoms with E-state index in [0.717, 1.165) is 30.2 Å². The summed E-state index contributed by atoms with van der Waals surface area (Å²) >= 11 is 0. The van der Waals surface area contributed by atoms with Crippen molar-refractivity contribution in [2.45, 2.75) is 33.4 Å². The highest BCUT2D eigenvalue weighted by atomic mass is 15.2. The highest BCUT2D eigenvalue weighted by Gasteiger charge is 2.12. The number of aromatic nitrogens is 2. The molecule has 1 aromatic heterocycles. The third kappa shape index (κ3) is 4.31. The minimum absolute atomic E-state index is 0.632. The molecule has 0 amide bonds. The van der Waals surface area contributed by atoms with Gasteiger partial charge in [-0.1, -0.05) is 56.3 Å². The van der Waals surface area contributed by atoms with Crippen LogP contribution in [0.5, 0.6) is 0 Å². The van der Waals surface area contributed by atoms with E-state index >= 15 is 0 Å². The molecule has 0 aliphatic carbocycles. The molecule has 1 heterocycles. The van der Waals surface area contributed by atoms with E-state index in [-0.39, 0.29) is 0 Å². The maximum atomic E-state index is 8.91. The molecular formula is C22H24N4. The highest BCUT2D eigenvalue weighted by molar-refractivity contribution is 5.61. The van der Waals surface area contributed by atoms with Crippen LogP contribution in [0.15, 0.2) is 60.8 Å². The van der Waals surface area contributed by atoms with Gasteiger partial charge >= 0.3 is 0 Å². The molecule has 3 rings (SSSR count). The van der Waals surface area contributed by atoms with E-state index in [1.807, 2.05) is 36.5 Å². The fourth-order valence-corrected chi connectivity index (χ4v) is 2.85. The summed E-state index contributed by atoms with van der Waals surface area (Å²) in [5, 5.41) is 12.4. The van der Waals surface area contributed by atoms with Crippen LogP contribution in [0.1, 0.15) is 31.4 Å². The summed E-state index contributed by atoms with van der Waals surface area (Å²) in [6, 6.07) is 20.2. The van der Waals surface area contributed by atoms with Crippen molar-refractivity contribution in [2.75, 3.05) is 5.32 Å². The number of anilines is 1. The molecule has 0 bridgehead atoms. The molecular weight excluding hydrogens is 320 g/mol. The zero-order valence-electron chi connectivity index (χ0n) is 15.3. The third-order valence-corrected chi connectivity index (χ3v) is 4.39. The predicted octanol–water partition coefficient (Wildman–Crippen LogP) is 5.08. The summed E-state index contributed by atoms with van der Waals surface area (Å²) < 4.78 is 2.26. The van der Waals surface area contributed by atoms with Gasteiger partial charge < -0.3 is 9.88 Å². The number of hydrogen-bond donors (Lipinski definition) is 1. The number of rotatable bonds is 7. The van der Waals surface area contributed by atoms with Crippen molar-refractivity contribution < 1.29 is 0 Å². The van der Waals surface area contributed by atoms with E-state index in [1.165, 1.54) is 5.56 Å². The zero-order valence-corrected chi connectivity index (χ0v) is 15.3. The summed E-state index contributed by atoms with van der Waals surface area (Å²) in [6.07, 6.45) is 3.04. The summed E-state index contributed by atoms with van der Waals surface area (Å²) in [6.45, 7) is 6.09. The van der Waals surface area contributed by atoms with E-state index < -0.39 is 0 Å². The molecule has 0 saturated carbocycles. The molecule has 0 fully saturated rings. The molecule has 0 aliphatic heterocycles. The molecule has 1 N–H and O–H groups in total. The molecule has 4 nitrogen and oxygen atoms in total. The molecule has 0 aliphatic rings. The lowest BCUT2D eigenvalue weighted by molar-refractivity contribution is 0.520. The first kappa shape index (κ1) is 17.8. The number of nitriles is 1. The van der Waals surface area contributed by atoms with Crippen LogP contribution in [0, 0.1) is 17.2 Å². The van der Waals surface area contributed by atoms with E-state index in [4.69, 9.17) is 5.26 Å².